The van der Waals surface area contributed by atoms with Crippen LogP contribution in [0.15, 0.2) is 189 Å². The largest absolute Gasteiger partial charge is 0.506 e. The minimum Gasteiger partial charge on any atom is -0.506 e. The van der Waals surface area contributed by atoms with Crippen LogP contribution in [-0.4, -0.2) is 166 Å². The first-order chi connectivity index (χ1) is 46.2. The third-order valence-corrected chi connectivity index (χ3v) is 22.4. The van der Waals surface area contributed by atoms with Gasteiger partial charge in [0, 0.05) is 23.5 Å². The normalized spacial score (nSPS) is 13.6. The molecule has 0 spiro atoms. The minimum absolute atomic E-state index is 0.0273. The number of phenolic OH excluding ortho intramolecular Hbond substituents is 4. The summed E-state index contributed by atoms with van der Waals surface area (Å²) in [6.45, 7) is -2.36. The van der Waals surface area contributed by atoms with Crippen molar-refractivity contribution in [3.8, 4) is 23.0 Å². The zero-order valence-electron chi connectivity index (χ0n) is 48.7. The molecule has 0 saturated heterocycles. The van der Waals surface area contributed by atoms with Crippen LogP contribution in [0.3, 0.4) is 0 Å². The van der Waals surface area contributed by atoms with Crippen molar-refractivity contribution in [1.29, 1.82) is 0 Å². The van der Waals surface area contributed by atoms with E-state index in [1.807, 2.05) is 0 Å². The summed E-state index contributed by atoms with van der Waals surface area (Å²) in [6.07, 6.45) is 0. The van der Waals surface area contributed by atoms with Crippen LogP contribution in [0.1, 0.15) is 0 Å². The Morgan fingerprint density at radius 3 is 0.911 bits per heavy atom. The minimum atomic E-state index is -5.60. The van der Waals surface area contributed by atoms with Crippen LogP contribution in [0.2, 0.25) is 0 Å². The lowest BCUT2D eigenvalue weighted by Gasteiger charge is -2.12. The highest BCUT2D eigenvalue weighted by atomic mass is 32.3. The monoisotopic (exact) mass is 1600 g/mol. The fourth-order valence-corrected chi connectivity index (χ4v) is 15.4. The maximum atomic E-state index is 12.8. The number of hydrogen-bond donors (Lipinski definition) is 13. The summed E-state index contributed by atoms with van der Waals surface area (Å²) in [5, 5.41) is 74.6. The van der Waals surface area contributed by atoms with Gasteiger partial charge in [0.05, 0.1) is 66.4 Å². The van der Waals surface area contributed by atoms with E-state index in [9.17, 15) is 132 Å². The van der Waals surface area contributed by atoms with Crippen LogP contribution in [0.4, 0.5) is 56.9 Å². The Morgan fingerprint density at radius 2 is 0.614 bits per heavy atom. The standard InChI is InChI=1S/C48H39N9O34S10/c58-37-17-25(1-5-31(37)50-54-35-19-29(94(66,67)68)13-23-15-41(98(78,79)80)45(47(60)43(23)35)56-52-33-7-3-27(21-39(33)96(72,73)74)92(62,63)11-9-90-100(84,85)86)49-26-2-6-32(38(59)18-26)51-55-36-20-30(95(69,70)71)14-24-16-42(99(81,82)83)46(48(61)44(24)36)57-53-34-8-4-28(22-40(34)97(75,76)77)93(64,65)12-10-91-101(87,88)89/h1-8,13-22,49,58-61H,9-12H2,(H,66,67,68)(H,69,70,71)(H,72,73,74)(H,75,76,77)(H,78,79,80)(H,81,82,83)(H,84,85,86)(H,87,88,89). The molecule has 0 saturated carbocycles. The first-order valence-electron chi connectivity index (χ1n) is 25.8. The van der Waals surface area contributed by atoms with Gasteiger partial charge >= 0.3 is 20.8 Å². The van der Waals surface area contributed by atoms with Crippen molar-refractivity contribution in [2.75, 3.05) is 30.0 Å². The molecular formula is C48H39N9O34S10. The number of phenols is 4. The molecule has 0 heterocycles. The zero-order valence-corrected chi connectivity index (χ0v) is 56.9. The van der Waals surface area contributed by atoms with Crippen molar-refractivity contribution in [2.45, 2.75) is 39.2 Å². The van der Waals surface area contributed by atoms with E-state index >= 15 is 0 Å². The van der Waals surface area contributed by atoms with Gasteiger partial charge in [0.25, 0.3) is 60.7 Å². The van der Waals surface area contributed by atoms with Crippen molar-refractivity contribution in [1.82, 2.24) is 0 Å². The number of nitrogens with zero attached hydrogens (tertiary/aromatic N) is 8. The summed E-state index contributed by atoms with van der Waals surface area (Å²) in [5.74, 6) is -6.66. The number of sulfone groups is 2. The Balaban J connectivity index is 1.11. The van der Waals surface area contributed by atoms with Gasteiger partial charge in [0.2, 0.25) is 0 Å². The van der Waals surface area contributed by atoms with Crippen LogP contribution in [-0.2, 0) is 110 Å². The molecule has 540 valence electrons. The smallest absolute Gasteiger partial charge is 0.397 e. The molecule has 0 unspecified atom stereocenters. The molecule has 0 aliphatic rings. The Hall–Kier alpha value is -9.22. The second-order valence-corrected chi connectivity index (χ2v) is 34.6. The van der Waals surface area contributed by atoms with E-state index in [1.54, 1.807) is 0 Å². The number of azo groups is 4. The van der Waals surface area contributed by atoms with E-state index in [2.05, 4.69) is 54.6 Å². The van der Waals surface area contributed by atoms with E-state index in [0.717, 1.165) is 24.3 Å². The lowest BCUT2D eigenvalue weighted by Crippen LogP contribution is -2.16. The molecule has 13 N–H and O–H groups in total. The number of hydrogen-bond acceptors (Lipinski definition) is 35. The fraction of sp³-hybridized carbons (Fsp3) is 0.0833. The van der Waals surface area contributed by atoms with E-state index in [1.165, 1.54) is 12.1 Å². The molecule has 43 nitrogen and oxygen atoms in total. The number of nitrogens with one attached hydrogen (secondary N) is 1. The van der Waals surface area contributed by atoms with E-state index in [-0.39, 0.29) is 23.5 Å². The number of fused-ring (bicyclic) bond motifs is 2. The topological polar surface area (TPSA) is 714 Å². The SMILES string of the molecule is O=S(=O)(O)OCCS(=O)(=O)c1ccc(N=Nc2c(S(=O)(=O)O)cc3cc(S(=O)(=O)O)cc(N=Nc4ccc(Nc5ccc(N=Nc6cc(S(=O)(=O)O)cc7cc(S(=O)(=O)O)c(N=Nc8ccc(S(=O)(=O)CCOS(=O)(=O)O)cc8S(=O)(=O)O)c(O)c67)c(O)c5)cc4O)c3c2O)c(S(=O)(=O)O)c1. The molecule has 8 aromatic carbocycles. The van der Waals surface area contributed by atoms with E-state index < -0.39 is 255 Å². The third kappa shape index (κ3) is 18.9. The lowest BCUT2D eigenvalue weighted by molar-refractivity contribution is 0.282. The second-order valence-electron chi connectivity index (χ2n) is 19.8. The molecule has 0 atom stereocenters. The van der Waals surface area contributed by atoms with Gasteiger partial charge in [-0.1, -0.05) is 0 Å². The summed E-state index contributed by atoms with van der Waals surface area (Å²) < 4.78 is 331. The van der Waals surface area contributed by atoms with E-state index in [4.69, 9.17) is 9.11 Å². The molecule has 53 heteroatoms. The molecule has 0 aliphatic heterocycles. The van der Waals surface area contributed by atoms with Crippen molar-refractivity contribution in [3.05, 3.63) is 109 Å². The molecule has 0 aromatic heterocycles. The Morgan fingerprint density at radius 1 is 0.307 bits per heavy atom. The molecule has 0 amide bonds. The maximum Gasteiger partial charge on any atom is 0.397 e. The summed E-state index contributed by atoms with van der Waals surface area (Å²) in [4.78, 5) is -9.49. The summed E-state index contributed by atoms with van der Waals surface area (Å²) in [7, 11) is -52.4. The number of aromatic hydroxyl groups is 4. The molecular weight excluding hydrogens is 1570 g/mol. The Bertz CT molecular complexity index is 5820. The van der Waals surface area contributed by atoms with Crippen molar-refractivity contribution < 1.29 is 149 Å². The number of benzene rings is 8. The van der Waals surface area contributed by atoms with Crippen molar-refractivity contribution in [2.24, 2.45) is 40.9 Å². The summed E-state index contributed by atoms with van der Waals surface area (Å²) in [6, 6.07) is 12.5. The predicted molar refractivity (Wildman–Crippen MR) is 338 cm³/mol. The molecule has 0 fully saturated rings. The highest BCUT2D eigenvalue weighted by Gasteiger charge is 2.31. The van der Waals surface area contributed by atoms with Crippen molar-refractivity contribution >= 4 is 180 Å². The predicted octanol–water partition coefficient (Wildman–Crippen LogP) is 6.89. The molecule has 101 heavy (non-hydrogen) atoms. The highest BCUT2D eigenvalue weighted by Crippen LogP contribution is 2.49. The van der Waals surface area contributed by atoms with Gasteiger partial charge < -0.3 is 25.7 Å². The van der Waals surface area contributed by atoms with Crippen LogP contribution in [0.25, 0.3) is 21.5 Å². The van der Waals surface area contributed by atoms with Gasteiger partial charge in [-0.3, -0.25) is 36.4 Å². The Kier molecular flexibility index (Phi) is 21.5. The van der Waals surface area contributed by atoms with Gasteiger partial charge in [-0.2, -0.15) is 67.3 Å². The highest BCUT2D eigenvalue weighted by molar-refractivity contribution is 7.92. The quantitative estimate of drug-likeness (QED) is 0.0194. The van der Waals surface area contributed by atoms with Gasteiger partial charge in [-0.05, 0) is 108 Å². The second kappa shape index (κ2) is 28.0. The molecule has 8 rings (SSSR count). The number of anilines is 2. The van der Waals surface area contributed by atoms with Gasteiger partial charge in [0.1, 0.15) is 65.2 Å². The fourth-order valence-electron chi connectivity index (χ4n) is 8.57. The molecule has 0 radical (unpaired) electrons. The van der Waals surface area contributed by atoms with E-state index in [0.29, 0.717) is 60.7 Å². The molecule has 0 bridgehead atoms. The van der Waals surface area contributed by atoms with Crippen LogP contribution in [0.5, 0.6) is 23.0 Å². The zero-order chi connectivity index (χ0) is 75.3. The Labute approximate surface area is 567 Å². The summed E-state index contributed by atoms with van der Waals surface area (Å²) in [5.41, 5.74) is -7.17. The maximum absolute atomic E-state index is 12.8. The van der Waals surface area contributed by atoms with Crippen molar-refractivity contribution in [3.63, 3.8) is 0 Å². The lowest BCUT2D eigenvalue weighted by atomic mass is 10.1. The van der Waals surface area contributed by atoms with Gasteiger partial charge in [0.15, 0.2) is 31.2 Å². The van der Waals surface area contributed by atoms with Crippen LogP contribution >= 0.6 is 0 Å². The average molecular weight is 1610 g/mol. The van der Waals surface area contributed by atoms with Crippen LogP contribution < -0.4 is 5.32 Å². The van der Waals surface area contributed by atoms with Gasteiger partial charge in [-0.25, -0.2) is 25.2 Å². The molecule has 0 aliphatic carbocycles. The first kappa shape index (κ1) is 77.5. The molecule has 8 aromatic rings. The first-order valence-corrected chi connectivity index (χ1v) is 40.5. The van der Waals surface area contributed by atoms with Gasteiger partial charge in [-0.15, -0.1) is 40.9 Å². The number of rotatable bonds is 26. The summed E-state index contributed by atoms with van der Waals surface area (Å²) >= 11 is 0. The third-order valence-electron chi connectivity index (χ3n) is 12.9. The van der Waals surface area contributed by atoms with Crippen LogP contribution in [0, 0.1) is 0 Å². The average Bonchev–Trinajstić information content (AvgIpc) is 0.757.